The van der Waals surface area contributed by atoms with E-state index in [4.69, 9.17) is 4.74 Å². The first-order chi connectivity index (χ1) is 10.0. The van der Waals surface area contributed by atoms with Crippen LogP contribution in [0, 0.1) is 5.92 Å². The van der Waals surface area contributed by atoms with Crippen molar-refractivity contribution in [1.82, 2.24) is 10.6 Å². The van der Waals surface area contributed by atoms with Crippen molar-refractivity contribution in [2.45, 2.75) is 50.6 Å². The Morgan fingerprint density at radius 2 is 2.05 bits per heavy atom. The summed E-state index contributed by atoms with van der Waals surface area (Å²) >= 11 is 0. The summed E-state index contributed by atoms with van der Waals surface area (Å²) in [5, 5.41) is 5.20. The Kier molecular flexibility index (Phi) is 4.93. The highest BCUT2D eigenvalue weighted by molar-refractivity contribution is 5.93. The predicted molar refractivity (Wildman–Crippen MR) is 72.1 cm³/mol. The van der Waals surface area contributed by atoms with Crippen molar-refractivity contribution in [2.75, 3.05) is 7.11 Å². The SMILES string of the molecule is COC(=O)[C@@H](NC(=O)[C@@H]1CCC(=O)N1)[C@H]1CCCC(=O)C1. The minimum atomic E-state index is -0.829. The zero-order chi connectivity index (χ0) is 15.4. The van der Waals surface area contributed by atoms with Gasteiger partial charge in [-0.25, -0.2) is 4.79 Å². The molecule has 0 unspecified atom stereocenters. The van der Waals surface area contributed by atoms with Crippen molar-refractivity contribution in [3.05, 3.63) is 0 Å². The van der Waals surface area contributed by atoms with E-state index in [1.165, 1.54) is 7.11 Å². The Labute approximate surface area is 122 Å². The Morgan fingerprint density at radius 3 is 2.62 bits per heavy atom. The fraction of sp³-hybridized carbons (Fsp3) is 0.714. The molecule has 0 spiro atoms. The molecule has 3 atom stereocenters. The molecule has 1 aliphatic heterocycles. The zero-order valence-electron chi connectivity index (χ0n) is 12.0. The normalized spacial score (nSPS) is 26.9. The second-order valence-electron chi connectivity index (χ2n) is 5.56. The lowest BCUT2D eigenvalue weighted by molar-refractivity contribution is -0.147. The van der Waals surface area contributed by atoms with Crippen LogP contribution in [0.4, 0.5) is 0 Å². The van der Waals surface area contributed by atoms with Crippen LogP contribution >= 0.6 is 0 Å². The first-order valence-electron chi connectivity index (χ1n) is 7.20. The number of amides is 2. The summed E-state index contributed by atoms with van der Waals surface area (Å²) < 4.78 is 4.73. The lowest BCUT2D eigenvalue weighted by Gasteiger charge is -2.29. The summed E-state index contributed by atoms with van der Waals surface area (Å²) in [5.41, 5.74) is 0. The lowest BCUT2D eigenvalue weighted by atomic mass is 9.83. The molecule has 2 amide bonds. The van der Waals surface area contributed by atoms with Gasteiger partial charge in [0, 0.05) is 19.3 Å². The largest absolute Gasteiger partial charge is 0.467 e. The Morgan fingerprint density at radius 1 is 1.29 bits per heavy atom. The van der Waals surface area contributed by atoms with Gasteiger partial charge in [-0.3, -0.25) is 14.4 Å². The van der Waals surface area contributed by atoms with E-state index in [1.54, 1.807) is 0 Å². The number of nitrogens with one attached hydrogen (secondary N) is 2. The minimum absolute atomic E-state index is 0.101. The number of hydrogen-bond acceptors (Lipinski definition) is 5. The van der Waals surface area contributed by atoms with Gasteiger partial charge in [0.2, 0.25) is 11.8 Å². The summed E-state index contributed by atoms with van der Waals surface area (Å²) in [4.78, 5) is 46.7. The molecule has 1 saturated carbocycles. The van der Waals surface area contributed by atoms with Crippen molar-refractivity contribution >= 4 is 23.6 Å². The van der Waals surface area contributed by atoms with Gasteiger partial charge in [-0.05, 0) is 25.2 Å². The van der Waals surface area contributed by atoms with Crippen molar-refractivity contribution in [3.63, 3.8) is 0 Å². The van der Waals surface area contributed by atoms with Gasteiger partial charge in [-0.1, -0.05) is 0 Å². The van der Waals surface area contributed by atoms with Crippen LogP contribution in [0.1, 0.15) is 38.5 Å². The highest BCUT2D eigenvalue weighted by Gasteiger charge is 2.36. The van der Waals surface area contributed by atoms with Crippen molar-refractivity contribution in [2.24, 2.45) is 5.92 Å². The summed E-state index contributed by atoms with van der Waals surface area (Å²) in [5.74, 6) is -1.25. The molecule has 1 heterocycles. The Bertz CT molecular complexity index is 462. The molecule has 21 heavy (non-hydrogen) atoms. The first kappa shape index (κ1) is 15.5. The predicted octanol–water partition coefficient (Wildman–Crippen LogP) is -0.318. The number of ketones is 1. The molecule has 1 aliphatic carbocycles. The molecule has 0 aromatic rings. The third-order valence-electron chi connectivity index (χ3n) is 4.06. The molecule has 2 aliphatic rings. The summed E-state index contributed by atoms with van der Waals surface area (Å²) in [6, 6.07) is -1.44. The molecular weight excluding hydrogens is 276 g/mol. The fourth-order valence-electron chi connectivity index (χ4n) is 2.90. The Balaban J connectivity index is 2.02. The topological polar surface area (TPSA) is 102 Å². The summed E-state index contributed by atoms with van der Waals surface area (Å²) in [6.07, 6.45) is 2.94. The number of esters is 1. The molecule has 1 saturated heterocycles. The smallest absolute Gasteiger partial charge is 0.328 e. The van der Waals surface area contributed by atoms with Gasteiger partial charge < -0.3 is 15.4 Å². The lowest BCUT2D eigenvalue weighted by Crippen LogP contribution is -2.52. The van der Waals surface area contributed by atoms with E-state index in [1.807, 2.05) is 0 Å². The van der Waals surface area contributed by atoms with Crippen LogP contribution in [0.25, 0.3) is 0 Å². The maximum Gasteiger partial charge on any atom is 0.328 e. The van der Waals surface area contributed by atoms with Crippen LogP contribution in [0.15, 0.2) is 0 Å². The third kappa shape index (κ3) is 3.80. The van der Waals surface area contributed by atoms with E-state index < -0.39 is 24.0 Å². The molecule has 7 nitrogen and oxygen atoms in total. The number of hydrogen-bond donors (Lipinski definition) is 2. The van der Waals surface area contributed by atoms with Gasteiger partial charge in [-0.2, -0.15) is 0 Å². The molecule has 0 radical (unpaired) electrons. The van der Waals surface area contributed by atoms with Gasteiger partial charge in [-0.15, -0.1) is 0 Å². The highest BCUT2D eigenvalue weighted by atomic mass is 16.5. The molecular formula is C14H20N2O5. The average Bonchev–Trinajstić information content (AvgIpc) is 2.90. The first-order valence-corrected chi connectivity index (χ1v) is 7.20. The zero-order valence-corrected chi connectivity index (χ0v) is 12.0. The second-order valence-corrected chi connectivity index (χ2v) is 5.56. The number of ether oxygens (including phenoxy) is 1. The Hall–Kier alpha value is -1.92. The van der Waals surface area contributed by atoms with E-state index in [9.17, 15) is 19.2 Å². The molecule has 116 valence electrons. The second kappa shape index (κ2) is 6.69. The van der Waals surface area contributed by atoms with Gasteiger partial charge in [0.05, 0.1) is 7.11 Å². The third-order valence-corrected chi connectivity index (χ3v) is 4.06. The quantitative estimate of drug-likeness (QED) is 0.692. The van der Waals surface area contributed by atoms with E-state index in [0.29, 0.717) is 32.1 Å². The number of Topliss-reactive ketones (excluding diaryl/α,β-unsaturated/α-hetero) is 1. The monoisotopic (exact) mass is 296 g/mol. The van der Waals surface area contributed by atoms with Gasteiger partial charge in [0.15, 0.2) is 0 Å². The average molecular weight is 296 g/mol. The minimum Gasteiger partial charge on any atom is -0.467 e. The fourth-order valence-corrected chi connectivity index (χ4v) is 2.90. The van der Waals surface area contributed by atoms with Crippen LogP contribution < -0.4 is 10.6 Å². The van der Waals surface area contributed by atoms with Crippen LogP contribution in [-0.2, 0) is 23.9 Å². The van der Waals surface area contributed by atoms with E-state index >= 15 is 0 Å². The standard InChI is InChI=1S/C14H20N2O5/c1-21-14(20)12(8-3-2-4-9(17)7-8)16-13(19)10-5-6-11(18)15-10/h8,10,12H,2-7H2,1H3,(H,15,18)(H,16,19)/t8-,10-,12-/m0/s1. The van der Waals surface area contributed by atoms with Crippen molar-refractivity contribution in [3.8, 4) is 0 Å². The number of methoxy groups -OCH3 is 1. The van der Waals surface area contributed by atoms with Gasteiger partial charge in [0.25, 0.3) is 0 Å². The van der Waals surface area contributed by atoms with Crippen LogP contribution in [0.5, 0.6) is 0 Å². The number of carbonyl (C=O) groups excluding carboxylic acids is 4. The summed E-state index contributed by atoms with van der Waals surface area (Å²) in [7, 11) is 1.25. The van der Waals surface area contributed by atoms with Crippen LogP contribution in [0.3, 0.4) is 0 Å². The number of carbonyl (C=O) groups is 4. The van der Waals surface area contributed by atoms with E-state index in [-0.39, 0.29) is 24.0 Å². The van der Waals surface area contributed by atoms with Crippen LogP contribution in [-0.4, -0.2) is 42.8 Å². The van der Waals surface area contributed by atoms with Crippen LogP contribution in [0.2, 0.25) is 0 Å². The highest BCUT2D eigenvalue weighted by Crippen LogP contribution is 2.25. The van der Waals surface area contributed by atoms with Crippen molar-refractivity contribution < 1.29 is 23.9 Å². The summed E-state index contributed by atoms with van der Waals surface area (Å²) in [6.45, 7) is 0. The van der Waals surface area contributed by atoms with Gasteiger partial charge in [0.1, 0.15) is 17.9 Å². The van der Waals surface area contributed by atoms with E-state index in [2.05, 4.69) is 10.6 Å². The molecule has 2 N–H and O–H groups in total. The molecule has 2 fully saturated rings. The molecule has 7 heteroatoms. The molecule has 0 aromatic carbocycles. The number of rotatable bonds is 4. The maximum absolute atomic E-state index is 12.1. The molecule has 2 rings (SSSR count). The van der Waals surface area contributed by atoms with Gasteiger partial charge >= 0.3 is 5.97 Å². The molecule has 0 aromatic heterocycles. The van der Waals surface area contributed by atoms with E-state index in [0.717, 1.165) is 0 Å². The van der Waals surface area contributed by atoms with Crippen molar-refractivity contribution in [1.29, 1.82) is 0 Å². The maximum atomic E-state index is 12.1. The molecule has 0 bridgehead atoms.